The summed E-state index contributed by atoms with van der Waals surface area (Å²) in [6.45, 7) is 0. The maximum atomic E-state index is 11.7. The first-order chi connectivity index (χ1) is 7.56. The molecule has 0 radical (unpaired) electrons. The van der Waals surface area contributed by atoms with E-state index in [9.17, 15) is 4.79 Å². The highest BCUT2D eigenvalue weighted by Gasteiger charge is 2.20. The number of aromatic nitrogens is 2. The number of nitrogens with zero attached hydrogens (tertiary/aromatic N) is 2. The van der Waals surface area contributed by atoms with Crippen molar-refractivity contribution < 1.29 is 9.53 Å². The van der Waals surface area contributed by atoms with Crippen LogP contribution in [-0.2, 0) is 4.74 Å². The molecule has 16 heavy (non-hydrogen) atoms. The van der Waals surface area contributed by atoms with Crippen LogP contribution in [0.4, 0.5) is 5.69 Å². The van der Waals surface area contributed by atoms with Gasteiger partial charge in [0.2, 0.25) is 0 Å². The molecule has 0 aromatic carbocycles. The van der Waals surface area contributed by atoms with E-state index < -0.39 is 5.97 Å². The lowest BCUT2D eigenvalue weighted by molar-refractivity contribution is 0.0603. The lowest BCUT2D eigenvalue weighted by atomic mass is 10.2. The molecule has 0 spiro atoms. The third-order valence-corrected chi connectivity index (χ3v) is 3.35. The first kappa shape index (κ1) is 11.4. The molecule has 2 rings (SSSR count). The zero-order valence-electron chi connectivity index (χ0n) is 8.20. The van der Waals surface area contributed by atoms with Crippen molar-refractivity contribution in [3.05, 3.63) is 26.9 Å². The van der Waals surface area contributed by atoms with Crippen LogP contribution in [0.1, 0.15) is 10.4 Å². The highest BCUT2D eigenvalue weighted by molar-refractivity contribution is 9.11. The molecular weight excluding hydrogens is 342 g/mol. The number of carbonyl (C=O) groups excluding carboxylic acids is 1. The molecule has 2 aromatic heterocycles. The number of carbonyl (C=O) groups is 1. The minimum atomic E-state index is -0.495. The topological polar surface area (TPSA) is 69.6 Å². The zero-order valence-corrected chi connectivity index (χ0v) is 11.4. The van der Waals surface area contributed by atoms with Crippen molar-refractivity contribution in [2.24, 2.45) is 0 Å². The normalized spacial score (nSPS) is 10.7. The predicted octanol–water partition coefficient (Wildman–Crippen LogP) is 2.23. The molecule has 0 aliphatic carbocycles. The molecule has 0 atom stereocenters. The Morgan fingerprint density at radius 2 is 2.19 bits per heavy atom. The number of esters is 1. The highest BCUT2D eigenvalue weighted by Crippen LogP contribution is 2.31. The Hall–Kier alpha value is -1.08. The Labute approximate surface area is 108 Å². The maximum absolute atomic E-state index is 11.7. The summed E-state index contributed by atoms with van der Waals surface area (Å²) in [6, 6.07) is 0. The number of rotatable bonds is 1. The highest BCUT2D eigenvalue weighted by atomic mass is 79.9. The smallest absolute Gasteiger partial charge is 0.342 e. The van der Waals surface area contributed by atoms with Crippen LogP contribution in [0.3, 0.4) is 0 Å². The fourth-order valence-electron chi connectivity index (χ4n) is 1.41. The summed E-state index contributed by atoms with van der Waals surface area (Å²) >= 11 is 6.58. The Morgan fingerprint density at radius 1 is 1.50 bits per heavy atom. The lowest BCUT2D eigenvalue weighted by Crippen LogP contribution is -2.09. The number of halogens is 2. The standard InChI is InChI=1S/C9H7Br2N3O2/c1-16-9(15)6-7(12)5(11)3-14-8(6)4(10)2-13-14/h2-3H,12H2,1H3. The van der Waals surface area contributed by atoms with Gasteiger partial charge in [0.15, 0.2) is 0 Å². The summed E-state index contributed by atoms with van der Waals surface area (Å²) in [5.41, 5.74) is 7.06. The van der Waals surface area contributed by atoms with E-state index in [0.29, 0.717) is 25.7 Å². The van der Waals surface area contributed by atoms with Gasteiger partial charge in [0.05, 0.1) is 33.5 Å². The number of methoxy groups -OCH3 is 1. The van der Waals surface area contributed by atoms with E-state index in [1.165, 1.54) is 7.11 Å². The molecule has 0 saturated heterocycles. The summed E-state index contributed by atoms with van der Waals surface area (Å²) in [5.74, 6) is -0.495. The van der Waals surface area contributed by atoms with Gasteiger partial charge in [-0.05, 0) is 31.9 Å². The predicted molar refractivity (Wildman–Crippen MR) is 66.3 cm³/mol. The molecule has 0 saturated carbocycles. The minimum Gasteiger partial charge on any atom is -0.465 e. The van der Waals surface area contributed by atoms with Gasteiger partial charge >= 0.3 is 5.97 Å². The van der Waals surface area contributed by atoms with E-state index >= 15 is 0 Å². The average molecular weight is 349 g/mol. The monoisotopic (exact) mass is 347 g/mol. The molecule has 0 bridgehead atoms. The van der Waals surface area contributed by atoms with Gasteiger partial charge in [-0.2, -0.15) is 5.10 Å². The van der Waals surface area contributed by atoms with E-state index in [-0.39, 0.29) is 0 Å². The summed E-state index contributed by atoms with van der Waals surface area (Å²) in [7, 11) is 1.31. The van der Waals surface area contributed by atoms with Crippen LogP contribution in [0.25, 0.3) is 5.52 Å². The Kier molecular flexibility index (Phi) is 2.90. The average Bonchev–Trinajstić information content (AvgIpc) is 2.61. The molecule has 0 aliphatic rings. The molecule has 0 fully saturated rings. The second-order valence-corrected chi connectivity index (χ2v) is 4.75. The number of nitrogen functional groups attached to an aromatic ring is 1. The Balaban J connectivity index is 2.90. The van der Waals surface area contributed by atoms with Crippen molar-refractivity contribution in [1.29, 1.82) is 0 Å². The Bertz CT molecular complexity index is 580. The van der Waals surface area contributed by atoms with E-state index in [0.717, 1.165) is 0 Å². The van der Waals surface area contributed by atoms with Gasteiger partial charge in [-0.1, -0.05) is 0 Å². The second-order valence-electron chi connectivity index (χ2n) is 3.04. The van der Waals surface area contributed by atoms with Crippen molar-refractivity contribution in [2.75, 3.05) is 12.8 Å². The molecular formula is C9H7Br2N3O2. The van der Waals surface area contributed by atoms with Crippen molar-refractivity contribution in [2.45, 2.75) is 0 Å². The van der Waals surface area contributed by atoms with Crippen molar-refractivity contribution in [3.8, 4) is 0 Å². The number of pyridine rings is 1. The quantitative estimate of drug-likeness (QED) is 0.802. The van der Waals surface area contributed by atoms with Gasteiger partial charge in [0.25, 0.3) is 0 Å². The number of ether oxygens (including phenoxy) is 1. The van der Waals surface area contributed by atoms with Crippen LogP contribution in [0.5, 0.6) is 0 Å². The van der Waals surface area contributed by atoms with Crippen molar-refractivity contribution in [3.63, 3.8) is 0 Å². The first-order valence-corrected chi connectivity index (χ1v) is 5.84. The van der Waals surface area contributed by atoms with Gasteiger partial charge in [0, 0.05) is 6.20 Å². The van der Waals surface area contributed by atoms with E-state index in [1.807, 2.05) is 0 Å². The number of nitrogens with two attached hydrogens (primary N) is 1. The first-order valence-electron chi connectivity index (χ1n) is 4.25. The van der Waals surface area contributed by atoms with Crippen LogP contribution in [0.15, 0.2) is 21.3 Å². The SMILES string of the molecule is COC(=O)c1c(N)c(Br)cn2ncc(Br)c12. The molecule has 84 valence electrons. The van der Waals surface area contributed by atoms with Crippen LogP contribution >= 0.6 is 31.9 Å². The van der Waals surface area contributed by atoms with E-state index in [4.69, 9.17) is 10.5 Å². The maximum Gasteiger partial charge on any atom is 0.342 e. The molecule has 0 aliphatic heterocycles. The third kappa shape index (κ3) is 1.60. The summed E-state index contributed by atoms with van der Waals surface area (Å²) in [5, 5.41) is 4.07. The summed E-state index contributed by atoms with van der Waals surface area (Å²) in [6.07, 6.45) is 3.27. The van der Waals surface area contributed by atoms with Gasteiger partial charge < -0.3 is 10.5 Å². The summed E-state index contributed by atoms with van der Waals surface area (Å²) < 4.78 is 7.54. The fourth-order valence-corrected chi connectivity index (χ4v) is 2.27. The molecule has 7 heteroatoms. The fraction of sp³-hybridized carbons (Fsp3) is 0.111. The lowest BCUT2D eigenvalue weighted by Gasteiger charge is -2.08. The van der Waals surface area contributed by atoms with Crippen LogP contribution in [-0.4, -0.2) is 22.7 Å². The third-order valence-electron chi connectivity index (χ3n) is 2.14. The van der Waals surface area contributed by atoms with Crippen LogP contribution in [0.2, 0.25) is 0 Å². The second kappa shape index (κ2) is 4.06. The van der Waals surface area contributed by atoms with Crippen molar-refractivity contribution >= 4 is 49.0 Å². The van der Waals surface area contributed by atoms with Gasteiger partial charge in [-0.25, -0.2) is 9.31 Å². The minimum absolute atomic E-state index is 0.293. The molecule has 0 amide bonds. The summed E-state index contributed by atoms with van der Waals surface area (Å²) in [4.78, 5) is 11.7. The van der Waals surface area contributed by atoms with E-state index in [1.54, 1.807) is 16.9 Å². The Morgan fingerprint density at radius 3 is 2.81 bits per heavy atom. The molecule has 2 aromatic rings. The van der Waals surface area contributed by atoms with E-state index in [2.05, 4.69) is 37.0 Å². The number of hydrogen-bond donors (Lipinski definition) is 1. The zero-order chi connectivity index (χ0) is 11.9. The van der Waals surface area contributed by atoms with Crippen LogP contribution in [0, 0.1) is 0 Å². The number of hydrogen-bond acceptors (Lipinski definition) is 4. The largest absolute Gasteiger partial charge is 0.465 e. The number of anilines is 1. The van der Waals surface area contributed by atoms with Crippen LogP contribution < -0.4 is 5.73 Å². The molecule has 2 heterocycles. The molecule has 5 nitrogen and oxygen atoms in total. The van der Waals surface area contributed by atoms with Gasteiger partial charge in [-0.3, -0.25) is 0 Å². The van der Waals surface area contributed by atoms with Gasteiger partial charge in [-0.15, -0.1) is 0 Å². The van der Waals surface area contributed by atoms with Gasteiger partial charge in [0.1, 0.15) is 5.56 Å². The number of fused-ring (bicyclic) bond motifs is 1. The molecule has 0 unspecified atom stereocenters. The van der Waals surface area contributed by atoms with Crippen molar-refractivity contribution in [1.82, 2.24) is 9.61 Å². The molecule has 2 N–H and O–H groups in total.